The Bertz CT molecular complexity index is 1010. The first-order valence-corrected chi connectivity index (χ1v) is 11.5. The summed E-state index contributed by atoms with van der Waals surface area (Å²) >= 11 is 3.39. The highest BCUT2D eigenvalue weighted by Gasteiger charge is 2.46. The maximum Gasteiger partial charge on any atom is 0.316 e. The molecule has 0 saturated carbocycles. The Morgan fingerprint density at radius 3 is 2.10 bits per heavy atom. The first-order valence-electron chi connectivity index (χ1n) is 9.23. The van der Waals surface area contributed by atoms with Gasteiger partial charge < -0.3 is 4.74 Å². The van der Waals surface area contributed by atoms with E-state index in [1.807, 2.05) is 24.3 Å². The second kappa shape index (κ2) is 8.16. The number of rotatable bonds is 4. The molecule has 0 bridgehead atoms. The summed E-state index contributed by atoms with van der Waals surface area (Å²) < 4.78 is 47.5. The maximum atomic E-state index is 13.9. The number of ether oxygens (including phenoxy) is 1. The van der Waals surface area contributed by atoms with Crippen molar-refractivity contribution < 1.29 is 22.3 Å². The van der Waals surface area contributed by atoms with E-state index >= 15 is 0 Å². The molecular weight excluding hydrogens is 461 g/mol. The highest BCUT2D eigenvalue weighted by molar-refractivity contribution is 9.10. The van der Waals surface area contributed by atoms with E-state index in [1.165, 1.54) is 23.5 Å². The second-order valence-corrected chi connectivity index (χ2v) is 10.2. The van der Waals surface area contributed by atoms with Gasteiger partial charge in [-0.3, -0.25) is 4.79 Å². The van der Waals surface area contributed by atoms with Crippen molar-refractivity contribution in [3.05, 3.63) is 63.4 Å². The van der Waals surface area contributed by atoms with Gasteiger partial charge in [0.2, 0.25) is 10.0 Å². The third-order valence-electron chi connectivity index (χ3n) is 5.60. The van der Waals surface area contributed by atoms with Crippen molar-refractivity contribution in [1.29, 1.82) is 0 Å². The first-order chi connectivity index (χ1) is 13.6. The van der Waals surface area contributed by atoms with Crippen LogP contribution in [0.25, 0.3) is 0 Å². The molecule has 156 valence electrons. The number of hydrogen-bond donors (Lipinski definition) is 0. The molecule has 1 saturated heterocycles. The van der Waals surface area contributed by atoms with E-state index in [2.05, 4.69) is 15.9 Å². The molecule has 1 fully saturated rings. The van der Waals surface area contributed by atoms with Crippen molar-refractivity contribution in [2.45, 2.75) is 37.0 Å². The lowest BCUT2D eigenvalue weighted by atomic mass is 9.73. The van der Waals surface area contributed by atoms with Crippen LogP contribution in [0.1, 0.15) is 29.5 Å². The van der Waals surface area contributed by atoms with Gasteiger partial charge in [0.15, 0.2) is 0 Å². The summed E-state index contributed by atoms with van der Waals surface area (Å²) in [5.74, 6) is -0.770. The van der Waals surface area contributed by atoms with Crippen molar-refractivity contribution in [2.24, 2.45) is 0 Å². The van der Waals surface area contributed by atoms with Crippen LogP contribution in [0.3, 0.4) is 0 Å². The Hall–Kier alpha value is -1.77. The number of piperidine rings is 1. The zero-order valence-corrected chi connectivity index (χ0v) is 18.9. The van der Waals surface area contributed by atoms with Gasteiger partial charge in [-0.25, -0.2) is 12.8 Å². The number of nitrogens with zero attached hydrogens (tertiary/aromatic N) is 1. The van der Waals surface area contributed by atoms with Gasteiger partial charge in [0.1, 0.15) is 5.82 Å². The van der Waals surface area contributed by atoms with Crippen LogP contribution >= 0.6 is 15.9 Å². The molecule has 0 spiro atoms. The van der Waals surface area contributed by atoms with Gasteiger partial charge in [0.05, 0.1) is 17.4 Å². The summed E-state index contributed by atoms with van der Waals surface area (Å²) in [7, 11) is -2.44. The normalized spacial score (nSPS) is 17.1. The van der Waals surface area contributed by atoms with Gasteiger partial charge in [-0.05, 0) is 67.6 Å². The van der Waals surface area contributed by atoms with E-state index in [1.54, 1.807) is 13.8 Å². The van der Waals surface area contributed by atoms with Gasteiger partial charge in [-0.1, -0.05) is 28.1 Å². The fourth-order valence-corrected chi connectivity index (χ4v) is 5.76. The standard InChI is InChI=1S/C21H23BrFNO4S/c1-14-12-18(13-15(2)19(14)23)29(26,27)24-10-8-21(9-11-24,20(25)28-3)16-4-6-17(22)7-5-16/h4-7,12-13H,8-11H2,1-3H3. The molecule has 0 aliphatic carbocycles. The molecule has 8 heteroatoms. The number of benzene rings is 2. The Kier molecular flexibility index (Phi) is 6.17. The smallest absolute Gasteiger partial charge is 0.316 e. The molecule has 29 heavy (non-hydrogen) atoms. The van der Waals surface area contributed by atoms with E-state index in [4.69, 9.17) is 4.74 Å². The van der Waals surface area contributed by atoms with Gasteiger partial charge in [0, 0.05) is 17.6 Å². The molecule has 0 atom stereocenters. The lowest BCUT2D eigenvalue weighted by Crippen LogP contribution is -2.49. The van der Waals surface area contributed by atoms with Crippen LogP contribution in [0.5, 0.6) is 0 Å². The topological polar surface area (TPSA) is 63.7 Å². The highest BCUT2D eigenvalue weighted by Crippen LogP contribution is 2.39. The van der Waals surface area contributed by atoms with Crippen LogP contribution in [0.15, 0.2) is 45.8 Å². The molecule has 0 radical (unpaired) electrons. The van der Waals surface area contributed by atoms with E-state index in [0.29, 0.717) is 24.0 Å². The summed E-state index contributed by atoms with van der Waals surface area (Å²) in [5.41, 5.74) is 0.493. The molecule has 0 N–H and O–H groups in total. The van der Waals surface area contributed by atoms with Crippen LogP contribution in [0, 0.1) is 19.7 Å². The van der Waals surface area contributed by atoms with Crippen molar-refractivity contribution in [3.8, 4) is 0 Å². The average molecular weight is 484 g/mol. The zero-order valence-electron chi connectivity index (χ0n) is 16.5. The SMILES string of the molecule is COC(=O)C1(c2ccc(Br)cc2)CCN(S(=O)(=O)c2cc(C)c(F)c(C)c2)CC1. The van der Waals surface area contributed by atoms with Crippen molar-refractivity contribution in [2.75, 3.05) is 20.2 Å². The van der Waals surface area contributed by atoms with E-state index < -0.39 is 21.3 Å². The summed E-state index contributed by atoms with van der Waals surface area (Å²) in [6.07, 6.45) is 0.611. The lowest BCUT2D eigenvalue weighted by molar-refractivity contribution is -0.149. The predicted octanol–water partition coefficient (Wildman–Crippen LogP) is 4.10. The van der Waals surface area contributed by atoms with Crippen molar-refractivity contribution in [3.63, 3.8) is 0 Å². The average Bonchev–Trinajstić information content (AvgIpc) is 2.71. The number of carbonyl (C=O) groups excluding carboxylic acids is 1. The molecular formula is C21H23BrFNO4S. The minimum absolute atomic E-state index is 0.0723. The molecule has 2 aromatic carbocycles. The third kappa shape index (κ3) is 3.98. The molecule has 0 unspecified atom stereocenters. The van der Waals surface area contributed by atoms with E-state index in [-0.39, 0.29) is 24.0 Å². The number of methoxy groups -OCH3 is 1. The zero-order chi connectivity index (χ0) is 21.4. The molecule has 1 aliphatic rings. The molecule has 0 aromatic heterocycles. The van der Waals surface area contributed by atoms with Crippen molar-refractivity contribution in [1.82, 2.24) is 4.31 Å². The third-order valence-corrected chi connectivity index (χ3v) is 8.00. The largest absolute Gasteiger partial charge is 0.468 e. The monoisotopic (exact) mass is 483 g/mol. The van der Waals surface area contributed by atoms with Gasteiger partial charge >= 0.3 is 5.97 Å². The highest BCUT2D eigenvalue weighted by atomic mass is 79.9. The van der Waals surface area contributed by atoms with Crippen LogP contribution in [-0.4, -0.2) is 38.9 Å². The van der Waals surface area contributed by atoms with Gasteiger partial charge in [-0.2, -0.15) is 4.31 Å². The number of halogens is 2. The van der Waals surface area contributed by atoms with Gasteiger partial charge in [0.25, 0.3) is 0 Å². The number of hydrogen-bond acceptors (Lipinski definition) is 4. The van der Waals surface area contributed by atoms with Crippen molar-refractivity contribution >= 4 is 31.9 Å². The van der Waals surface area contributed by atoms with Gasteiger partial charge in [-0.15, -0.1) is 0 Å². The number of carbonyl (C=O) groups is 1. The van der Waals surface area contributed by atoms with Crippen LogP contribution < -0.4 is 0 Å². The van der Waals surface area contributed by atoms with Crippen LogP contribution in [-0.2, 0) is 25.0 Å². The lowest BCUT2D eigenvalue weighted by Gasteiger charge is -2.39. The maximum absolute atomic E-state index is 13.9. The first kappa shape index (κ1) is 21.9. The summed E-state index contributed by atoms with van der Waals surface area (Å²) in [4.78, 5) is 12.8. The minimum atomic E-state index is -3.79. The van der Waals surface area contributed by atoms with Crippen LogP contribution in [0.2, 0.25) is 0 Å². The van der Waals surface area contributed by atoms with Crippen LogP contribution in [0.4, 0.5) is 4.39 Å². The Labute approximate surface area is 179 Å². The fraction of sp³-hybridized carbons (Fsp3) is 0.381. The Balaban J connectivity index is 1.91. The predicted molar refractivity (Wildman–Crippen MR) is 112 cm³/mol. The summed E-state index contributed by atoms with van der Waals surface area (Å²) in [5, 5.41) is 0. The number of sulfonamides is 1. The summed E-state index contributed by atoms with van der Waals surface area (Å²) in [6, 6.07) is 10.1. The molecule has 0 amide bonds. The quantitative estimate of drug-likeness (QED) is 0.614. The molecule has 2 aromatic rings. The second-order valence-electron chi connectivity index (χ2n) is 7.36. The molecule has 1 heterocycles. The molecule has 5 nitrogen and oxygen atoms in total. The Morgan fingerprint density at radius 1 is 1.10 bits per heavy atom. The summed E-state index contributed by atoms with van der Waals surface area (Å²) in [6.45, 7) is 3.44. The Morgan fingerprint density at radius 2 is 1.62 bits per heavy atom. The molecule has 1 aliphatic heterocycles. The van der Waals surface area contributed by atoms with E-state index in [9.17, 15) is 17.6 Å². The fourth-order valence-electron chi connectivity index (χ4n) is 3.89. The number of aryl methyl sites for hydroxylation is 2. The molecule has 3 rings (SSSR count). The van der Waals surface area contributed by atoms with E-state index in [0.717, 1.165) is 10.0 Å². The minimum Gasteiger partial charge on any atom is -0.468 e. The number of esters is 1.